The molecule has 1 aliphatic rings. The van der Waals surface area contributed by atoms with Gasteiger partial charge in [-0.2, -0.15) is 5.26 Å². The van der Waals surface area contributed by atoms with E-state index in [0.29, 0.717) is 21.9 Å². The summed E-state index contributed by atoms with van der Waals surface area (Å²) in [4.78, 5) is 16.4. The second-order valence-corrected chi connectivity index (χ2v) is 6.35. The maximum atomic E-state index is 12.6. The van der Waals surface area contributed by atoms with E-state index in [2.05, 4.69) is 4.98 Å². The fourth-order valence-electron chi connectivity index (χ4n) is 2.85. The van der Waals surface area contributed by atoms with Gasteiger partial charge in [-0.3, -0.25) is 15.0 Å². The highest BCUT2D eigenvalue weighted by Crippen LogP contribution is 2.43. The number of aromatic nitrogens is 1. The number of carbonyl (C=O) groups is 1. The summed E-state index contributed by atoms with van der Waals surface area (Å²) < 4.78 is 5.78. The number of hydrogen-bond donors (Lipinski definition) is 2. The maximum Gasteiger partial charge on any atom is 0.279 e. The van der Waals surface area contributed by atoms with Crippen molar-refractivity contribution < 1.29 is 19.8 Å². The summed E-state index contributed by atoms with van der Waals surface area (Å²) >= 11 is 0. The molecule has 0 radical (unpaired) electrons. The molecule has 7 heteroatoms. The molecular formula is C18H17N3O4. The first kappa shape index (κ1) is 16.9. The topological polar surface area (TPSA) is 107 Å². The minimum Gasteiger partial charge on any atom is -0.485 e. The van der Waals surface area contributed by atoms with Crippen LogP contribution in [0.15, 0.2) is 42.7 Å². The fourth-order valence-corrected chi connectivity index (χ4v) is 2.85. The van der Waals surface area contributed by atoms with Gasteiger partial charge in [0.15, 0.2) is 0 Å². The van der Waals surface area contributed by atoms with E-state index in [0.717, 1.165) is 0 Å². The minimum absolute atomic E-state index is 0.180. The molecule has 2 aromatic rings. The number of hydrogen-bond acceptors (Lipinski definition) is 6. The highest BCUT2D eigenvalue weighted by molar-refractivity contribution is 5.93. The quantitative estimate of drug-likeness (QED) is 0.641. The first-order valence-electron chi connectivity index (χ1n) is 7.69. The summed E-state index contributed by atoms with van der Waals surface area (Å²) in [6.45, 7) is 3.32. The van der Waals surface area contributed by atoms with Crippen LogP contribution in [0.5, 0.6) is 5.75 Å². The second kappa shape index (κ2) is 6.16. The molecule has 128 valence electrons. The van der Waals surface area contributed by atoms with E-state index < -0.39 is 23.7 Å². The molecule has 3 rings (SSSR count). The van der Waals surface area contributed by atoms with E-state index >= 15 is 0 Å². The Bertz CT molecular complexity index is 845. The van der Waals surface area contributed by atoms with E-state index in [4.69, 9.17) is 10.00 Å². The lowest BCUT2D eigenvalue weighted by Crippen LogP contribution is -2.54. The number of aliphatic hydroxyl groups excluding tert-OH is 1. The molecule has 0 aliphatic carbocycles. The number of ether oxygens (including phenoxy) is 1. The van der Waals surface area contributed by atoms with Gasteiger partial charge < -0.3 is 9.84 Å². The van der Waals surface area contributed by atoms with Crippen LogP contribution < -0.4 is 4.74 Å². The largest absolute Gasteiger partial charge is 0.485 e. The number of nitriles is 1. The van der Waals surface area contributed by atoms with Gasteiger partial charge in [0, 0.05) is 18.0 Å². The molecule has 0 saturated carbocycles. The number of fused-ring (bicyclic) bond motifs is 1. The molecular weight excluding hydrogens is 322 g/mol. The average Bonchev–Trinajstić information content (AvgIpc) is 2.62. The third-order valence-corrected chi connectivity index (χ3v) is 4.22. The summed E-state index contributed by atoms with van der Waals surface area (Å²) in [7, 11) is 0. The summed E-state index contributed by atoms with van der Waals surface area (Å²) in [5, 5.41) is 30.9. The highest BCUT2D eigenvalue weighted by atomic mass is 16.5. The number of hydroxylamine groups is 2. The zero-order valence-electron chi connectivity index (χ0n) is 13.7. The van der Waals surface area contributed by atoms with Crippen molar-refractivity contribution in [2.24, 2.45) is 0 Å². The molecule has 1 aromatic carbocycles. The van der Waals surface area contributed by atoms with Gasteiger partial charge >= 0.3 is 0 Å². The Hall–Kier alpha value is -2.95. The zero-order chi connectivity index (χ0) is 18.2. The van der Waals surface area contributed by atoms with Gasteiger partial charge in [-0.1, -0.05) is 0 Å². The molecule has 0 bridgehead atoms. The van der Waals surface area contributed by atoms with E-state index in [-0.39, 0.29) is 5.56 Å². The normalized spacial score (nSPS) is 20.8. The number of benzene rings is 1. The summed E-state index contributed by atoms with van der Waals surface area (Å²) in [5.74, 6) is -0.305. The average molecular weight is 339 g/mol. The van der Waals surface area contributed by atoms with Crippen LogP contribution in [-0.2, 0) is 0 Å². The summed E-state index contributed by atoms with van der Waals surface area (Å²) in [6.07, 6.45) is 1.63. The monoisotopic (exact) mass is 339 g/mol. The maximum absolute atomic E-state index is 12.6. The SMILES string of the molecule is CC1(C)Oc2ccc(C#N)cc2C(N(O)C(=O)c2cccnc2)C1O. The van der Waals surface area contributed by atoms with Gasteiger partial charge in [0.1, 0.15) is 23.5 Å². The van der Waals surface area contributed by atoms with Crippen molar-refractivity contribution in [1.82, 2.24) is 10.0 Å². The van der Waals surface area contributed by atoms with Gasteiger partial charge in [0.25, 0.3) is 5.91 Å². The van der Waals surface area contributed by atoms with Crippen LogP contribution in [-0.4, -0.2) is 38.0 Å². The summed E-state index contributed by atoms with van der Waals surface area (Å²) in [5.41, 5.74) is -0.159. The molecule has 1 amide bonds. The van der Waals surface area contributed by atoms with Crippen molar-refractivity contribution >= 4 is 5.91 Å². The van der Waals surface area contributed by atoms with Crippen LogP contribution in [0.3, 0.4) is 0 Å². The Labute approximate surface area is 144 Å². The van der Waals surface area contributed by atoms with Crippen molar-refractivity contribution in [3.8, 4) is 11.8 Å². The predicted molar refractivity (Wildman–Crippen MR) is 86.8 cm³/mol. The molecule has 2 atom stereocenters. The molecule has 2 unspecified atom stereocenters. The van der Waals surface area contributed by atoms with Gasteiger partial charge in [-0.15, -0.1) is 0 Å². The fraction of sp³-hybridized carbons (Fsp3) is 0.278. The van der Waals surface area contributed by atoms with Crippen molar-refractivity contribution in [1.29, 1.82) is 5.26 Å². The highest BCUT2D eigenvalue weighted by Gasteiger charge is 2.47. The number of pyridine rings is 1. The molecule has 0 saturated heterocycles. The lowest BCUT2D eigenvalue weighted by molar-refractivity contribution is -0.165. The standard InChI is InChI=1S/C18H17N3O4/c1-18(2)16(22)15(13-8-11(9-19)5-6-14(13)25-18)21(24)17(23)12-4-3-7-20-10-12/h3-8,10,15-16,22,24H,1-2H3. The van der Waals surface area contributed by atoms with E-state index in [1.165, 1.54) is 24.5 Å². The van der Waals surface area contributed by atoms with Gasteiger partial charge in [-0.05, 0) is 44.2 Å². The van der Waals surface area contributed by atoms with Gasteiger partial charge in [0.05, 0.1) is 17.2 Å². The number of rotatable bonds is 2. The Kier molecular flexibility index (Phi) is 4.17. The molecule has 7 nitrogen and oxygen atoms in total. The number of nitrogens with zero attached hydrogens (tertiary/aromatic N) is 3. The van der Waals surface area contributed by atoms with Crippen LogP contribution >= 0.6 is 0 Å². The molecule has 25 heavy (non-hydrogen) atoms. The Balaban J connectivity index is 2.07. The third-order valence-electron chi connectivity index (χ3n) is 4.22. The van der Waals surface area contributed by atoms with Crippen LogP contribution in [0.2, 0.25) is 0 Å². The van der Waals surface area contributed by atoms with Crippen molar-refractivity contribution in [2.75, 3.05) is 0 Å². The van der Waals surface area contributed by atoms with Crippen molar-refractivity contribution in [2.45, 2.75) is 31.6 Å². The first-order valence-corrected chi connectivity index (χ1v) is 7.69. The number of aliphatic hydroxyl groups is 1. The van der Waals surface area contributed by atoms with Crippen LogP contribution in [0.25, 0.3) is 0 Å². The first-order chi connectivity index (χ1) is 11.8. The van der Waals surface area contributed by atoms with Crippen LogP contribution in [0.4, 0.5) is 0 Å². The van der Waals surface area contributed by atoms with E-state index in [1.54, 1.807) is 32.0 Å². The Morgan fingerprint density at radius 1 is 1.40 bits per heavy atom. The number of amides is 1. The lowest BCUT2D eigenvalue weighted by atomic mass is 9.85. The lowest BCUT2D eigenvalue weighted by Gasteiger charge is -2.44. The van der Waals surface area contributed by atoms with E-state index in [1.807, 2.05) is 6.07 Å². The summed E-state index contributed by atoms with van der Waals surface area (Å²) in [6, 6.07) is 8.68. The van der Waals surface area contributed by atoms with Gasteiger partial charge in [-0.25, -0.2) is 5.06 Å². The number of carbonyl (C=O) groups excluding carboxylic acids is 1. The van der Waals surface area contributed by atoms with Crippen molar-refractivity contribution in [3.63, 3.8) is 0 Å². The van der Waals surface area contributed by atoms with Crippen LogP contribution in [0, 0.1) is 11.3 Å². The van der Waals surface area contributed by atoms with Crippen LogP contribution in [0.1, 0.15) is 41.4 Å². The zero-order valence-corrected chi connectivity index (χ0v) is 13.7. The molecule has 0 spiro atoms. The Morgan fingerprint density at radius 3 is 2.80 bits per heavy atom. The minimum atomic E-state index is -1.21. The molecule has 2 N–H and O–H groups in total. The van der Waals surface area contributed by atoms with E-state index in [9.17, 15) is 15.1 Å². The van der Waals surface area contributed by atoms with Crippen molar-refractivity contribution in [3.05, 3.63) is 59.4 Å². The molecule has 0 fully saturated rings. The molecule has 1 aliphatic heterocycles. The van der Waals surface area contributed by atoms with Gasteiger partial charge in [0.2, 0.25) is 0 Å². The predicted octanol–water partition coefficient (Wildman–Crippen LogP) is 2.06. The third kappa shape index (κ3) is 2.93. The Morgan fingerprint density at radius 2 is 2.16 bits per heavy atom. The smallest absolute Gasteiger partial charge is 0.279 e. The molecule has 2 heterocycles. The molecule has 1 aromatic heterocycles. The second-order valence-electron chi connectivity index (χ2n) is 6.35.